The lowest BCUT2D eigenvalue weighted by Crippen LogP contribution is -2.49. The molecule has 1 atom stereocenters. The smallest absolute Gasteiger partial charge is 0.237 e. The SMILES string of the molecule is Cn1ccnc1CCNC(=O)[C@H]1CCCCN1Cc1ccccc1. The quantitative estimate of drug-likeness (QED) is 0.885. The Hall–Kier alpha value is -2.14. The highest BCUT2D eigenvalue weighted by Gasteiger charge is 2.28. The zero-order valence-corrected chi connectivity index (χ0v) is 14.3. The molecular weight excluding hydrogens is 300 g/mol. The van der Waals surface area contributed by atoms with Crippen molar-refractivity contribution < 1.29 is 4.79 Å². The molecule has 5 heteroatoms. The molecule has 24 heavy (non-hydrogen) atoms. The number of aromatic nitrogens is 2. The van der Waals surface area contributed by atoms with E-state index in [4.69, 9.17) is 0 Å². The maximum atomic E-state index is 12.6. The van der Waals surface area contributed by atoms with Gasteiger partial charge in [0.1, 0.15) is 5.82 Å². The molecule has 1 fully saturated rings. The Bertz CT molecular complexity index is 652. The molecule has 0 bridgehead atoms. The number of rotatable bonds is 6. The molecule has 1 aromatic heterocycles. The first-order valence-corrected chi connectivity index (χ1v) is 8.76. The van der Waals surface area contributed by atoms with Crippen LogP contribution < -0.4 is 5.32 Å². The van der Waals surface area contributed by atoms with Gasteiger partial charge in [-0.15, -0.1) is 0 Å². The lowest BCUT2D eigenvalue weighted by atomic mass is 10.0. The van der Waals surface area contributed by atoms with Crippen LogP contribution in [0.4, 0.5) is 0 Å². The van der Waals surface area contributed by atoms with Crippen molar-refractivity contribution in [1.29, 1.82) is 0 Å². The summed E-state index contributed by atoms with van der Waals surface area (Å²) in [7, 11) is 1.98. The number of hydrogen-bond donors (Lipinski definition) is 1. The minimum Gasteiger partial charge on any atom is -0.354 e. The average molecular weight is 326 g/mol. The fraction of sp³-hybridized carbons (Fsp3) is 0.474. The third-order valence-electron chi connectivity index (χ3n) is 4.71. The highest BCUT2D eigenvalue weighted by Crippen LogP contribution is 2.19. The number of nitrogens with zero attached hydrogens (tertiary/aromatic N) is 3. The maximum absolute atomic E-state index is 12.6. The van der Waals surface area contributed by atoms with Crippen LogP contribution in [0.2, 0.25) is 0 Å². The van der Waals surface area contributed by atoms with Crippen molar-refractivity contribution in [3.8, 4) is 0 Å². The second-order valence-electron chi connectivity index (χ2n) is 6.46. The summed E-state index contributed by atoms with van der Waals surface area (Å²) in [5.74, 6) is 1.15. The third kappa shape index (κ3) is 4.23. The largest absolute Gasteiger partial charge is 0.354 e. The van der Waals surface area contributed by atoms with E-state index in [2.05, 4.69) is 39.5 Å². The van der Waals surface area contributed by atoms with Crippen LogP contribution >= 0.6 is 0 Å². The number of benzene rings is 1. The molecule has 1 aliphatic rings. The summed E-state index contributed by atoms with van der Waals surface area (Å²) < 4.78 is 1.99. The molecule has 1 saturated heterocycles. The van der Waals surface area contributed by atoms with E-state index in [0.717, 1.165) is 38.2 Å². The van der Waals surface area contributed by atoms with E-state index < -0.39 is 0 Å². The van der Waals surface area contributed by atoms with Gasteiger partial charge < -0.3 is 9.88 Å². The van der Waals surface area contributed by atoms with Crippen molar-refractivity contribution >= 4 is 5.91 Å². The molecule has 0 spiro atoms. The summed E-state index contributed by atoms with van der Waals surface area (Å²) in [5, 5.41) is 3.10. The lowest BCUT2D eigenvalue weighted by molar-refractivity contribution is -0.127. The molecule has 1 aliphatic heterocycles. The minimum absolute atomic E-state index is 0.0136. The molecule has 128 valence electrons. The van der Waals surface area contributed by atoms with E-state index >= 15 is 0 Å². The number of carbonyl (C=O) groups is 1. The van der Waals surface area contributed by atoms with Crippen LogP contribution in [0.15, 0.2) is 42.7 Å². The average Bonchev–Trinajstić information content (AvgIpc) is 3.01. The van der Waals surface area contributed by atoms with Gasteiger partial charge in [-0.2, -0.15) is 0 Å². The highest BCUT2D eigenvalue weighted by molar-refractivity contribution is 5.81. The third-order valence-corrected chi connectivity index (χ3v) is 4.71. The Morgan fingerprint density at radius 3 is 2.88 bits per heavy atom. The van der Waals surface area contributed by atoms with Gasteiger partial charge in [0.05, 0.1) is 6.04 Å². The van der Waals surface area contributed by atoms with Gasteiger partial charge in [0.25, 0.3) is 0 Å². The minimum atomic E-state index is -0.0136. The van der Waals surface area contributed by atoms with E-state index in [9.17, 15) is 4.79 Å². The van der Waals surface area contributed by atoms with Crippen LogP contribution in [0, 0.1) is 0 Å². The molecule has 3 rings (SSSR count). The highest BCUT2D eigenvalue weighted by atomic mass is 16.2. The summed E-state index contributed by atoms with van der Waals surface area (Å²) in [6.45, 7) is 2.48. The number of imidazole rings is 1. The lowest BCUT2D eigenvalue weighted by Gasteiger charge is -2.34. The number of likely N-dealkylation sites (tertiary alicyclic amines) is 1. The van der Waals surface area contributed by atoms with Crippen molar-refractivity contribution in [2.75, 3.05) is 13.1 Å². The number of amides is 1. The molecule has 0 radical (unpaired) electrons. The zero-order chi connectivity index (χ0) is 16.8. The summed E-state index contributed by atoms with van der Waals surface area (Å²) in [6, 6.07) is 10.4. The molecule has 0 unspecified atom stereocenters. The summed E-state index contributed by atoms with van der Waals surface area (Å²) in [6.07, 6.45) is 7.73. The van der Waals surface area contributed by atoms with Crippen molar-refractivity contribution in [2.45, 2.75) is 38.3 Å². The van der Waals surface area contributed by atoms with E-state index in [-0.39, 0.29) is 11.9 Å². The first-order chi connectivity index (χ1) is 11.7. The Morgan fingerprint density at radius 1 is 1.29 bits per heavy atom. The van der Waals surface area contributed by atoms with Gasteiger partial charge in [-0.1, -0.05) is 36.8 Å². The number of carbonyl (C=O) groups excluding carboxylic acids is 1. The molecule has 1 aromatic carbocycles. The van der Waals surface area contributed by atoms with E-state index in [1.54, 1.807) is 6.20 Å². The fourth-order valence-electron chi connectivity index (χ4n) is 3.35. The molecule has 0 saturated carbocycles. The second kappa shape index (κ2) is 8.11. The van der Waals surface area contributed by atoms with Crippen molar-refractivity contribution in [3.05, 3.63) is 54.1 Å². The standard InChI is InChI=1S/C19H26N4O/c1-22-14-12-20-18(22)10-11-21-19(24)17-9-5-6-13-23(17)15-16-7-3-2-4-8-16/h2-4,7-8,12,14,17H,5-6,9-11,13,15H2,1H3,(H,21,24)/t17-/m1/s1. The first kappa shape index (κ1) is 16.7. The predicted octanol–water partition coefficient (Wildman–Crippen LogP) is 2.13. The Balaban J connectivity index is 1.54. The van der Waals surface area contributed by atoms with E-state index in [1.165, 1.54) is 12.0 Å². The molecule has 0 aliphatic carbocycles. The van der Waals surface area contributed by atoms with Crippen molar-refractivity contribution in [3.63, 3.8) is 0 Å². The van der Waals surface area contributed by atoms with Crippen molar-refractivity contribution in [2.24, 2.45) is 7.05 Å². The van der Waals surface area contributed by atoms with Gasteiger partial charge in [0.2, 0.25) is 5.91 Å². The zero-order valence-electron chi connectivity index (χ0n) is 14.3. The van der Waals surface area contributed by atoms with Crippen molar-refractivity contribution in [1.82, 2.24) is 19.8 Å². The summed E-state index contributed by atoms with van der Waals surface area (Å²) >= 11 is 0. The van der Waals surface area contributed by atoms with Crippen LogP contribution in [0.3, 0.4) is 0 Å². The Morgan fingerprint density at radius 2 is 2.12 bits per heavy atom. The molecular formula is C19H26N4O. The van der Waals surface area contributed by atoms with Gasteiger partial charge in [-0.25, -0.2) is 4.98 Å². The van der Waals surface area contributed by atoms with Crippen LogP contribution in [-0.2, 0) is 24.8 Å². The van der Waals surface area contributed by atoms with Crippen LogP contribution in [0.5, 0.6) is 0 Å². The van der Waals surface area contributed by atoms with E-state index in [0.29, 0.717) is 6.54 Å². The molecule has 1 amide bonds. The number of aryl methyl sites for hydroxylation is 1. The van der Waals surface area contributed by atoms with Crippen LogP contribution in [0.1, 0.15) is 30.7 Å². The number of hydrogen-bond acceptors (Lipinski definition) is 3. The fourth-order valence-corrected chi connectivity index (χ4v) is 3.35. The topological polar surface area (TPSA) is 50.2 Å². The first-order valence-electron chi connectivity index (χ1n) is 8.76. The molecule has 2 aromatic rings. The summed E-state index contributed by atoms with van der Waals surface area (Å²) in [4.78, 5) is 19.2. The number of nitrogens with one attached hydrogen (secondary N) is 1. The normalized spacial score (nSPS) is 18.5. The molecule has 1 N–H and O–H groups in total. The van der Waals surface area contributed by atoms with Gasteiger partial charge in [0, 0.05) is 39.0 Å². The Labute approximate surface area is 143 Å². The van der Waals surface area contributed by atoms with Gasteiger partial charge in [-0.05, 0) is 24.9 Å². The monoisotopic (exact) mass is 326 g/mol. The van der Waals surface area contributed by atoms with Gasteiger partial charge in [0.15, 0.2) is 0 Å². The van der Waals surface area contributed by atoms with Crippen LogP contribution in [-0.4, -0.2) is 39.5 Å². The summed E-state index contributed by atoms with van der Waals surface area (Å²) in [5.41, 5.74) is 1.27. The van der Waals surface area contributed by atoms with Crippen LogP contribution in [0.25, 0.3) is 0 Å². The van der Waals surface area contributed by atoms with Gasteiger partial charge >= 0.3 is 0 Å². The molecule has 2 heterocycles. The predicted molar refractivity (Wildman–Crippen MR) is 94.4 cm³/mol. The Kier molecular flexibility index (Phi) is 5.64. The second-order valence-corrected chi connectivity index (χ2v) is 6.46. The maximum Gasteiger partial charge on any atom is 0.237 e. The number of piperidine rings is 1. The van der Waals surface area contributed by atoms with Gasteiger partial charge in [-0.3, -0.25) is 9.69 Å². The van der Waals surface area contributed by atoms with E-state index in [1.807, 2.05) is 23.9 Å². The molecule has 5 nitrogen and oxygen atoms in total.